The summed E-state index contributed by atoms with van der Waals surface area (Å²) in [5.41, 5.74) is 0.456. The summed E-state index contributed by atoms with van der Waals surface area (Å²) in [4.78, 5) is 0. The van der Waals surface area contributed by atoms with Crippen molar-refractivity contribution < 1.29 is 7.85 Å². The van der Waals surface area contributed by atoms with Crippen LogP contribution in [0.2, 0.25) is 0 Å². The highest BCUT2D eigenvalue weighted by Gasteiger charge is 2.14. The maximum Gasteiger partial charge on any atom is 0.0840 e. The lowest BCUT2D eigenvalue weighted by atomic mass is 9.97. The van der Waals surface area contributed by atoms with Crippen LogP contribution in [-0.2, 0) is 12.1 Å². The van der Waals surface area contributed by atoms with Crippen molar-refractivity contribution in [1.29, 1.82) is 0 Å². The summed E-state index contributed by atoms with van der Waals surface area (Å²) in [5.74, 6) is 0. The van der Waals surface area contributed by atoms with Crippen molar-refractivity contribution >= 4 is 0 Å². The number of hydrogen-bond donors (Lipinski definition) is 2. The van der Waals surface area contributed by atoms with Gasteiger partial charge >= 0.3 is 0 Å². The molecule has 0 atom stereocenters. The fourth-order valence-electron chi connectivity index (χ4n) is 1.19. The molecule has 0 saturated carbocycles. The van der Waals surface area contributed by atoms with E-state index < -0.39 is 12.1 Å². The van der Waals surface area contributed by atoms with Crippen LogP contribution in [0.15, 0.2) is 24.3 Å². The van der Waals surface area contributed by atoms with Crippen molar-refractivity contribution in [1.82, 2.24) is 5.32 Å². The van der Waals surface area contributed by atoms with Crippen LogP contribution in [0, 0.1) is 0 Å². The Bertz CT molecular complexity index is 366. The van der Waals surface area contributed by atoms with E-state index in [1.807, 2.05) is 13.8 Å². The lowest BCUT2D eigenvalue weighted by Gasteiger charge is -2.18. The van der Waals surface area contributed by atoms with Gasteiger partial charge in [0, 0.05) is 15.3 Å². The predicted octanol–water partition coefficient (Wildman–Crippen LogP) is 2.41. The fraction of sp³-hybridized carbons (Fsp3) is 0.538. The Kier molecular flexibility index (Phi) is 2.98. The molecule has 1 rings (SSSR count). The zero-order valence-corrected chi connectivity index (χ0v) is 9.83. The summed E-state index contributed by atoms with van der Waals surface area (Å²) in [6, 6.07) is 7.01. The second-order valence-electron chi connectivity index (χ2n) is 4.56. The molecule has 2 heteroatoms. The first-order valence-electron chi connectivity index (χ1n) is 6.24. The standard InChI is InChI=1S/C13H21NO/c1-10(2)14-9-11-5-7-12(8-6-11)13(3,4)15/h5-8,10,14-15H,9H2,1-4H3/i9D2. The number of aliphatic hydroxyl groups is 1. The van der Waals surface area contributed by atoms with Crippen LogP contribution in [0.25, 0.3) is 0 Å². The Hall–Kier alpha value is -0.860. The Morgan fingerprint density at radius 2 is 1.87 bits per heavy atom. The van der Waals surface area contributed by atoms with E-state index in [2.05, 4.69) is 5.32 Å². The van der Waals surface area contributed by atoms with Crippen molar-refractivity contribution in [3.05, 3.63) is 35.4 Å². The second kappa shape index (κ2) is 4.77. The van der Waals surface area contributed by atoms with Gasteiger partial charge in [-0.2, -0.15) is 0 Å². The topological polar surface area (TPSA) is 32.3 Å². The maximum absolute atomic E-state index is 9.82. The smallest absolute Gasteiger partial charge is 0.0840 e. The highest BCUT2D eigenvalue weighted by Crippen LogP contribution is 2.19. The summed E-state index contributed by atoms with van der Waals surface area (Å²) in [6.45, 7) is 5.68. The maximum atomic E-state index is 9.82. The molecule has 0 amide bonds. The predicted molar refractivity (Wildman–Crippen MR) is 63.7 cm³/mol. The Morgan fingerprint density at radius 3 is 2.27 bits per heavy atom. The van der Waals surface area contributed by atoms with E-state index in [-0.39, 0.29) is 6.04 Å². The molecule has 0 aliphatic carbocycles. The van der Waals surface area contributed by atoms with Crippen molar-refractivity contribution in [3.63, 3.8) is 0 Å². The van der Waals surface area contributed by atoms with Gasteiger partial charge in [-0.05, 0) is 25.0 Å². The third-order valence-electron chi connectivity index (χ3n) is 2.10. The van der Waals surface area contributed by atoms with E-state index >= 15 is 0 Å². The summed E-state index contributed by atoms with van der Waals surface area (Å²) in [5, 5.41) is 12.7. The quantitative estimate of drug-likeness (QED) is 0.798. The van der Waals surface area contributed by atoms with Crippen LogP contribution in [-0.4, -0.2) is 11.1 Å². The van der Waals surface area contributed by atoms with Gasteiger partial charge in [0.25, 0.3) is 0 Å². The average molecular weight is 209 g/mol. The molecule has 0 fully saturated rings. The summed E-state index contributed by atoms with van der Waals surface area (Å²) in [6.07, 6.45) is 0. The number of benzene rings is 1. The normalized spacial score (nSPS) is 15.1. The van der Waals surface area contributed by atoms with Crippen LogP contribution in [0.5, 0.6) is 0 Å². The minimum absolute atomic E-state index is 0.0685. The molecular weight excluding hydrogens is 186 g/mol. The van der Waals surface area contributed by atoms with Crippen LogP contribution in [0.1, 0.15) is 41.6 Å². The van der Waals surface area contributed by atoms with Gasteiger partial charge in [0.1, 0.15) is 0 Å². The molecule has 1 aromatic carbocycles. The van der Waals surface area contributed by atoms with E-state index in [9.17, 15) is 5.11 Å². The van der Waals surface area contributed by atoms with Gasteiger partial charge in [-0.1, -0.05) is 38.1 Å². The van der Waals surface area contributed by atoms with E-state index in [4.69, 9.17) is 2.74 Å². The molecule has 0 aliphatic rings. The molecule has 0 bridgehead atoms. The van der Waals surface area contributed by atoms with Gasteiger partial charge in [0.05, 0.1) is 5.60 Å². The first-order valence-corrected chi connectivity index (χ1v) is 5.24. The first kappa shape index (κ1) is 9.37. The third kappa shape index (κ3) is 4.02. The monoisotopic (exact) mass is 209 g/mol. The Labute approximate surface area is 95.1 Å². The molecule has 0 spiro atoms. The van der Waals surface area contributed by atoms with Crippen molar-refractivity contribution in [2.45, 2.75) is 45.8 Å². The minimum atomic E-state index is -1.55. The summed E-state index contributed by atoms with van der Waals surface area (Å²) in [7, 11) is 0. The largest absolute Gasteiger partial charge is 0.386 e. The minimum Gasteiger partial charge on any atom is -0.386 e. The van der Waals surface area contributed by atoms with Gasteiger partial charge in [0.2, 0.25) is 0 Å². The molecule has 0 radical (unpaired) electrons. The van der Waals surface area contributed by atoms with Gasteiger partial charge in [-0.3, -0.25) is 0 Å². The molecule has 1 aromatic rings. The fourth-order valence-corrected chi connectivity index (χ4v) is 1.19. The lowest BCUT2D eigenvalue weighted by molar-refractivity contribution is 0.0786. The molecule has 0 saturated heterocycles. The van der Waals surface area contributed by atoms with Crippen molar-refractivity contribution in [3.8, 4) is 0 Å². The Balaban J connectivity index is 2.94. The van der Waals surface area contributed by atoms with Gasteiger partial charge in [-0.25, -0.2) is 0 Å². The number of nitrogens with one attached hydrogen (secondary N) is 1. The van der Waals surface area contributed by atoms with E-state index in [1.165, 1.54) is 0 Å². The van der Waals surface area contributed by atoms with Gasteiger partial charge in [-0.15, -0.1) is 0 Å². The van der Waals surface area contributed by atoms with Gasteiger partial charge < -0.3 is 10.4 Å². The molecule has 0 aromatic heterocycles. The highest BCUT2D eigenvalue weighted by atomic mass is 16.3. The molecule has 0 aliphatic heterocycles. The summed E-state index contributed by atoms with van der Waals surface area (Å²) >= 11 is 0. The third-order valence-corrected chi connectivity index (χ3v) is 2.10. The molecule has 2 nitrogen and oxygen atoms in total. The van der Waals surface area contributed by atoms with E-state index in [1.54, 1.807) is 38.1 Å². The summed E-state index contributed by atoms with van der Waals surface area (Å²) < 4.78 is 15.8. The average Bonchev–Trinajstić information content (AvgIpc) is 2.14. The molecule has 0 heterocycles. The van der Waals surface area contributed by atoms with Crippen LogP contribution in [0.3, 0.4) is 0 Å². The molecule has 84 valence electrons. The van der Waals surface area contributed by atoms with E-state index in [0.29, 0.717) is 5.56 Å². The first-order chi connectivity index (χ1) is 7.63. The Morgan fingerprint density at radius 1 is 1.33 bits per heavy atom. The van der Waals surface area contributed by atoms with E-state index in [0.717, 1.165) is 5.56 Å². The second-order valence-corrected chi connectivity index (χ2v) is 4.56. The zero-order valence-electron chi connectivity index (χ0n) is 11.8. The number of hydrogen-bond acceptors (Lipinski definition) is 2. The van der Waals surface area contributed by atoms with Crippen LogP contribution in [0.4, 0.5) is 0 Å². The molecule has 15 heavy (non-hydrogen) atoms. The molecular formula is C13H21NO. The van der Waals surface area contributed by atoms with Gasteiger partial charge in [0.15, 0.2) is 0 Å². The lowest BCUT2D eigenvalue weighted by Crippen LogP contribution is -2.22. The zero-order chi connectivity index (χ0) is 13.3. The van der Waals surface area contributed by atoms with Crippen LogP contribution < -0.4 is 5.32 Å². The molecule has 2 N–H and O–H groups in total. The van der Waals surface area contributed by atoms with Crippen LogP contribution >= 0.6 is 0 Å². The molecule has 0 unspecified atom stereocenters. The van der Waals surface area contributed by atoms with Crippen molar-refractivity contribution in [2.24, 2.45) is 0 Å². The SMILES string of the molecule is [2H]C([2H])(NC(C)C)c1ccc(C(C)(C)O)cc1. The number of rotatable bonds is 4. The van der Waals surface area contributed by atoms with Crippen molar-refractivity contribution in [2.75, 3.05) is 0 Å². The highest BCUT2D eigenvalue weighted by molar-refractivity contribution is 5.26.